The molecule has 1 aromatic heterocycles. The Labute approximate surface area is 173 Å². The highest BCUT2D eigenvalue weighted by Gasteiger charge is 2.34. The Kier molecular flexibility index (Phi) is 8.64. The number of aliphatic hydroxyl groups excluding tert-OH is 1. The fraction of sp³-hybridized carbons (Fsp3) is 0.810. The van der Waals surface area contributed by atoms with E-state index in [9.17, 15) is 13.2 Å². The zero-order valence-corrected chi connectivity index (χ0v) is 19.1. The third-order valence-corrected chi connectivity index (χ3v) is 9.50. The van der Waals surface area contributed by atoms with E-state index < -0.39 is 14.6 Å². The number of aromatic nitrogens is 1. The van der Waals surface area contributed by atoms with Crippen molar-refractivity contribution in [1.29, 1.82) is 0 Å². The minimum Gasteiger partial charge on any atom is -0.390 e. The largest absolute Gasteiger partial charge is 0.390 e. The van der Waals surface area contributed by atoms with Crippen molar-refractivity contribution >= 4 is 27.0 Å². The van der Waals surface area contributed by atoms with E-state index in [2.05, 4.69) is 4.98 Å². The summed E-state index contributed by atoms with van der Waals surface area (Å²) in [5, 5.41) is 12.0. The first-order chi connectivity index (χ1) is 13.1. The lowest BCUT2D eigenvalue weighted by Crippen LogP contribution is -2.35. The van der Waals surface area contributed by atoms with Gasteiger partial charge in [0.25, 0.3) is 0 Å². The van der Waals surface area contributed by atoms with Crippen molar-refractivity contribution in [3.63, 3.8) is 0 Å². The van der Waals surface area contributed by atoms with Crippen LogP contribution in [0.2, 0.25) is 0 Å². The maximum atomic E-state index is 12.5. The van der Waals surface area contributed by atoms with Crippen LogP contribution in [0.1, 0.15) is 82.8 Å². The summed E-state index contributed by atoms with van der Waals surface area (Å²) in [5.74, 6) is 0.940. The molecule has 1 aliphatic rings. The normalized spacial score (nSPS) is 21.0. The van der Waals surface area contributed by atoms with Gasteiger partial charge in [-0.1, -0.05) is 6.42 Å². The van der Waals surface area contributed by atoms with Crippen molar-refractivity contribution in [1.82, 2.24) is 4.98 Å². The number of rotatable bonds is 10. The van der Waals surface area contributed by atoms with Gasteiger partial charge in [-0.15, -0.1) is 11.3 Å². The molecule has 1 heterocycles. The molecule has 0 atom stereocenters. The fourth-order valence-corrected chi connectivity index (χ4v) is 5.99. The van der Waals surface area contributed by atoms with Crippen LogP contribution in [-0.4, -0.2) is 34.8 Å². The van der Waals surface area contributed by atoms with Crippen LogP contribution in [0.5, 0.6) is 0 Å². The molecule has 160 valence electrons. The van der Waals surface area contributed by atoms with Gasteiger partial charge in [-0.25, -0.2) is 13.4 Å². The number of carbonyl (C=O) groups excluding carboxylic acids is 1. The van der Waals surface area contributed by atoms with E-state index in [0.717, 1.165) is 62.1 Å². The number of hydrogen-bond acceptors (Lipinski definition) is 6. The number of hydrogen-bond donors (Lipinski definition) is 1. The zero-order chi connectivity index (χ0) is 20.8. The first kappa shape index (κ1) is 23.5. The molecule has 0 radical (unpaired) electrons. The third kappa shape index (κ3) is 6.92. The van der Waals surface area contributed by atoms with Crippen LogP contribution in [0, 0.1) is 11.8 Å². The maximum absolute atomic E-state index is 12.5. The second-order valence-corrected chi connectivity index (χ2v) is 12.8. The van der Waals surface area contributed by atoms with E-state index in [1.54, 1.807) is 32.1 Å². The Morgan fingerprint density at radius 3 is 2.43 bits per heavy atom. The van der Waals surface area contributed by atoms with E-state index in [1.807, 2.05) is 5.38 Å². The molecule has 0 saturated heterocycles. The summed E-state index contributed by atoms with van der Waals surface area (Å²) in [7, 11) is -3.08. The number of Topliss-reactive ketones (excluding diaryl/α,β-unsaturated/α-hetero) is 1. The van der Waals surface area contributed by atoms with Crippen LogP contribution in [0.25, 0.3) is 0 Å². The number of unbranched alkanes of at least 4 members (excludes halogenated alkanes) is 2. The summed E-state index contributed by atoms with van der Waals surface area (Å²) in [5.41, 5.74) is 0.737. The number of thiazole rings is 1. The first-order valence-electron chi connectivity index (χ1n) is 10.4. The number of nitrogens with zero attached hydrogens (tertiary/aromatic N) is 1. The van der Waals surface area contributed by atoms with Gasteiger partial charge in [0.05, 0.1) is 27.8 Å². The molecular weight excluding hydrogens is 394 g/mol. The Balaban J connectivity index is 1.62. The second kappa shape index (κ2) is 10.3. The molecular formula is C21H35NO4S2. The van der Waals surface area contributed by atoms with Gasteiger partial charge in [0.1, 0.15) is 5.78 Å². The quantitative estimate of drug-likeness (QED) is 0.560. The van der Waals surface area contributed by atoms with Crippen LogP contribution in [0.4, 0.5) is 0 Å². The molecule has 0 unspecified atom stereocenters. The molecule has 1 aliphatic carbocycles. The molecule has 1 N–H and O–H groups in total. The third-order valence-electron chi connectivity index (χ3n) is 5.77. The highest BCUT2D eigenvalue weighted by Crippen LogP contribution is 2.33. The monoisotopic (exact) mass is 429 g/mol. The van der Waals surface area contributed by atoms with Crippen molar-refractivity contribution in [3.8, 4) is 0 Å². The predicted octanol–water partition coefficient (Wildman–Crippen LogP) is 4.33. The van der Waals surface area contributed by atoms with Crippen LogP contribution in [-0.2, 0) is 27.7 Å². The molecule has 0 aliphatic heterocycles. The summed E-state index contributed by atoms with van der Waals surface area (Å²) in [6.07, 6.45) is 7.86. The van der Waals surface area contributed by atoms with E-state index in [4.69, 9.17) is 5.11 Å². The van der Waals surface area contributed by atoms with E-state index in [0.29, 0.717) is 12.2 Å². The van der Waals surface area contributed by atoms with Crippen molar-refractivity contribution < 1.29 is 18.3 Å². The average Bonchev–Trinajstić information content (AvgIpc) is 3.08. The summed E-state index contributed by atoms with van der Waals surface area (Å²) < 4.78 is 24.1. The molecule has 5 nitrogen and oxygen atoms in total. The van der Waals surface area contributed by atoms with Gasteiger partial charge in [0.15, 0.2) is 9.84 Å². The van der Waals surface area contributed by atoms with Crippen molar-refractivity contribution in [3.05, 3.63) is 16.1 Å². The highest BCUT2D eigenvalue weighted by molar-refractivity contribution is 7.92. The first-order valence-corrected chi connectivity index (χ1v) is 12.9. The van der Waals surface area contributed by atoms with Gasteiger partial charge < -0.3 is 5.11 Å². The molecule has 28 heavy (non-hydrogen) atoms. The molecule has 1 aromatic rings. The van der Waals surface area contributed by atoms with Crippen LogP contribution in [0.3, 0.4) is 0 Å². The molecule has 0 bridgehead atoms. The lowest BCUT2D eigenvalue weighted by molar-refractivity contribution is -0.124. The number of aliphatic hydroxyl groups is 1. The smallest absolute Gasteiger partial charge is 0.155 e. The molecule has 7 heteroatoms. The second-order valence-electron chi connectivity index (χ2n) is 9.03. The number of aryl methyl sites for hydroxylation is 1. The van der Waals surface area contributed by atoms with Gasteiger partial charge in [-0.05, 0) is 71.6 Å². The van der Waals surface area contributed by atoms with Crippen LogP contribution >= 0.6 is 11.3 Å². The predicted molar refractivity (Wildman–Crippen MR) is 114 cm³/mol. The van der Waals surface area contributed by atoms with Gasteiger partial charge in [0, 0.05) is 17.7 Å². The van der Waals surface area contributed by atoms with Gasteiger partial charge in [-0.3, -0.25) is 4.79 Å². The topological polar surface area (TPSA) is 84.3 Å². The fourth-order valence-electron chi connectivity index (χ4n) is 3.70. The average molecular weight is 430 g/mol. The number of carbonyl (C=O) groups is 1. The summed E-state index contributed by atoms with van der Waals surface area (Å²) >= 11 is 1.59. The van der Waals surface area contributed by atoms with Gasteiger partial charge >= 0.3 is 0 Å². The Bertz CT molecular complexity index is 726. The summed E-state index contributed by atoms with van der Waals surface area (Å²) in [4.78, 5) is 16.8. The lowest BCUT2D eigenvalue weighted by atomic mass is 9.80. The van der Waals surface area contributed by atoms with Crippen LogP contribution < -0.4 is 0 Å². The minimum atomic E-state index is -3.08. The van der Waals surface area contributed by atoms with Crippen LogP contribution in [0.15, 0.2) is 5.38 Å². The number of ketones is 1. The van der Waals surface area contributed by atoms with E-state index >= 15 is 0 Å². The van der Waals surface area contributed by atoms with Gasteiger partial charge in [0.2, 0.25) is 0 Å². The minimum absolute atomic E-state index is 0.00458. The molecule has 2 rings (SSSR count). The SMILES string of the molecule is CC(C)(C)S(=O)(=O)CC1CCC(C(=O)CCCCCc2nc(CO)cs2)CC1. The zero-order valence-electron chi connectivity index (χ0n) is 17.4. The summed E-state index contributed by atoms with van der Waals surface area (Å²) in [6.45, 7) is 5.28. The molecule has 0 aromatic carbocycles. The standard InChI is InChI=1S/C21H35NO4S2/c1-21(2,3)28(25,26)15-16-9-11-17(12-10-16)19(24)7-5-4-6-8-20-22-18(13-23)14-27-20/h14,16-17,23H,4-13,15H2,1-3H3. The summed E-state index contributed by atoms with van der Waals surface area (Å²) in [6, 6.07) is 0. The van der Waals surface area contributed by atoms with Gasteiger partial charge in [-0.2, -0.15) is 0 Å². The molecule has 0 amide bonds. The molecule has 0 spiro atoms. The number of sulfone groups is 1. The van der Waals surface area contributed by atoms with Crippen molar-refractivity contribution in [2.24, 2.45) is 11.8 Å². The molecule has 1 fully saturated rings. The van der Waals surface area contributed by atoms with E-state index in [-0.39, 0.29) is 24.2 Å². The van der Waals surface area contributed by atoms with Crippen molar-refractivity contribution in [2.45, 2.75) is 89.9 Å². The highest BCUT2D eigenvalue weighted by atomic mass is 32.2. The lowest BCUT2D eigenvalue weighted by Gasteiger charge is -2.30. The molecule has 1 saturated carbocycles. The maximum Gasteiger partial charge on any atom is 0.155 e. The Morgan fingerprint density at radius 1 is 1.18 bits per heavy atom. The van der Waals surface area contributed by atoms with E-state index in [1.165, 1.54) is 0 Å². The Hall–Kier alpha value is -0.790. The Morgan fingerprint density at radius 2 is 1.86 bits per heavy atom. The van der Waals surface area contributed by atoms with Crippen molar-refractivity contribution in [2.75, 3.05) is 5.75 Å².